The predicted molar refractivity (Wildman–Crippen MR) is 97.3 cm³/mol. The van der Waals surface area contributed by atoms with Crippen molar-refractivity contribution >= 4 is 18.3 Å². The minimum absolute atomic E-state index is 0. The summed E-state index contributed by atoms with van der Waals surface area (Å²) in [6.07, 6.45) is 7.86. The van der Waals surface area contributed by atoms with E-state index in [2.05, 4.69) is 15.4 Å². The SMILES string of the molecule is CC(NC(=O)CCCCCCN)c1ccc(-n2cncn2)cc1.Cl. The van der Waals surface area contributed by atoms with Crippen LogP contribution >= 0.6 is 12.4 Å². The Morgan fingerprint density at radius 2 is 1.92 bits per heavy atom. The zero-order chi connectivity index (χ0) is 16.5. The number of hydrogen-bond donors (Lipinski definition) is 2. The van der Waals surface area contributed by atoms with Gasteiger partial charge in [0.2, 0.25) is 5.91 Å². The third-order valence-corrected chi connectivity index (χ3v) is 3.81. The van der Waals surface area contributed by atoms with E-state index in [1.807, 2.05) is 31.2 Å². The Labute approximate surface area is 149 Å². The molecule has 24 heavy (non-hydrogen) atoms. The highest BCUT2D eigenvalue weighted by molar-refractivity contribution is 5.85. The molecular weight excluding hydrogens is 326 g/mol. The van der Waals surface area contributed by atoms with Crippen LogP contribution in [-0.2, 0) is 4.79 Å². The molecule has 1 aromatic heterocycles. The zero-order valence-electron chi connectivity index (χ0n) is 14.0. The van der Waals surface area contributed by atoms with Crippen molar-refractivity contribution in [2.45, 2.75) is 45.1 Å². The molecule has 0 spiro atoms. The van der Waals surface area contributed by atoms with Gasteiger partial charge in [-0.1, -0.05) is 25.0 Å². The molecule has 0 aliphatic rings. The van der Waals surface area contributed by atoms with Crippen molar-refractivity contribution < 1.29 is 4.79 Å². The minimum atomic E-state index is -0.00339. The number of carbonyl (C=O) groups is 1. The van der Waals surface area contributed by atoms with E-state index in [0.29, 0.717) is 6.42 Å². The van der Waals surface area contributed by atoms with Gasteiger partial charge in [0.25, 0.3) is 0 Å². The summed E-state index contributed by atoms with van der Waals surface area (Å²) < 4.78 is 1.70. The molecular formula is C17H26ClN5O. The lowest BCUT2D eigenvalue weighted by atomic mass is 10.1. The number of carbonyl (C=O) groups excluding carboxylic acids is 1. The van der Waals surface area contributed by atoms with E-state index in [1.54, 1.807) is 11.0 Å². The van der Waals surface area contributed by atoms with Crippen LogP contribution in [0, 0.1) is 0 Å². The average Bonchev–Trinajstić information content (AvgIpc) is 3.09. The highest BCUT2D eigenvalue weighted by Crippen LogP contribution is 2.15. The average molecular weight is 352 g/mol. The van der Waals surface area contributed by atoms with E-state index in [1.165, 1.54) is 6.33 Å². The lowest BCUT2D eigenvalue weighted by Gasteiger charge is -2.15. The molecule has 3 N–H and O–H groups in total. The zero-order valence-corrected chi connectivity index (χ0v) is 14.8. The molecule has 2 aromatic rings. The number of benzene rings is 1. The number of aromatic nitrogens is 3. The Balaban J connectivity index is 0.00000288. The standard InChI is InChI=1S/C17H25N5O.ClH/c1-14(21-17(23)6-4-2-3-5-11-18)15-7-9-16(10-8-15)22-13-19-12-20-22;/h7-10,12-14H,2-6,11,18H2,1H3,(H,21,23);1H. The number of rotatable bonds is 9. The molecule has 1 amide bonds. The number of amides is 1. The molecule has 1 aromatic carbocycles. The maximum atomic E-state index is 12.0. The van der Waals surface area contributed by atoms with Gasteiger partial charge in [0.05, 0.1) is 11.7 Å². The molecule has 0 saturated heterocycles. The maximum Gasteiger partial charge on any atom is 0.220 e. The smallest absolute Gasteiger partial charge is 0.220 e. The number of nitrogens with zero attached hydrogens (tertiary/aromatic N) is 3. The molecule has 1 atom stereocenters. The van der Waals surface area contributed by atoms with Crippen LogP contribution in [0.1, 0.15) is 50.6 Å². The van der Waals surface area contributed by atoms with Crippen molar-refractivity contribution in [3.05, 3.63) is 42.5 Å². The van der Waals surface area contributed by atoms with Gasteiger partial charge in [0.15, 0.2) is 0 Å². The van der Waals surface area contributed by atoms with Crippen molar-refractivity contribution in [1.29, 1.82) is 0 Å². The molecule has 0 bridgehead atoms. The van der Waals surface area contributed by atoms with E-state index >= 15 is 0 Å². The van der Waals surface area contributed by atoms with Gasteiger partial charge in [-0.25, -0.2) is 9.67 Å². The molecule has 6 nitrogen and oxygen atoms in total. The molecule has 0 aliphatic heterocycles. The van der Waals surface area contributed by atoms with Crippen LogP contribution < -0.4 is 11.1 Å². The summed E-state index contributed by atoms with van der Waals surface area (Å²) in [6.45, 7) is 2.73. The highest BCUT2D eigenvalue weighted by atomic mass is 35.5. The van der Waals surface area contributed by atoms with Crippen molar-refractivity contribution in [1.82, 2.24) is 20.1 Å². The summed E-state index contributed by atoms with van der Waals surface area (Å²) in [5.41, 5.74) is 7.48. The van der Waals surface area contributed by atoms with Crippen LogP contribution in [0.2, 0.25) is 0 Å². The van der Waals surface area contributed by atoms with Crippen LogP contribution in [0.15, 0.2) is 36.9 Å². The lowest BCUT2D eigenvalue weighted by Crippen LogP contribution is -2.26. The van der Waals surface area contributed by atoms with Gasteiger partial charge in [0.1, 0.15) is 12.7 Å². The van der Waals surface area contributed by atoms with E-state index in [4.69, 9.17) is 5.73 Å². The highest BCUT2D eigenvalue weighted by Gasteiger charge is 2.09. The predicted octanol–water partition coefficient (Wildman–Crippen LogP) is 2.78. The molecule has 0 saturated carbocycles. The number of nitrogens with two attached hydrogens (primary N) is 1. The third-order valence-electron chi connectivity index (χ3n) is 3.81. The summed E-state index contributed by atoms with van der Waals surface area (Å²) >= 11 is 0. The van der Waals surface area contributed by atoms with Gasteiger partial charge in [0, 0.05) is 6.42 Å². The van der Waals surface area contributed by atoms with Crippen LogP contribution in [0.3, 0.4) is 0 Å². The van der Waals surface area contributed by atoms with Crippen molar-refractivity contribution in [2.24, 2.45) is 5.73 Å². The maximum absolute atomic E-state index is 12.0. The first-order valence-corrected chi connectivity index (χ1v) is 8.15. The first-order chi connectivity index (χ1) is 11.2. The first-order valence-electron chi connectivity index (χ1n) is 8.15. The lowest BCUT2D eigenvalue weighted by molar-refractivity contribution is -0.121. The summed E-state index contributed by atoms with van der Waals surface area (Å²) in [4.78, 5) is 15.9. The fourth-order valence-electron chi connectivity index (χ4n) is 2.44. The first kappa shape index (κ1) is 20.1. The van der Waals surface area contributed by atoms with Crippen molar-refractivity contribution in [3.63, 3.8) is 0 Å². The van der Waals surface area contributed by atoms with E-state index < -0.39 is 0 Å². The Morgan fingerprint density at radius 3 is 2.54 bits per heavy atom. The number of hydrogen-bond acceptors (Lipinski definition) is 4. The van der Waals surface area contributed by atoms with Crippen LogP contribution in [0.4, 0.5) is 0 Å². The summed E-state index contributed by atoms with van der Waals surface area (Å²) in [7, 11) is 0. The Hall–Kier alpha value is -1.92. The van der Waals surface area contributed by atoms with Crippen molar-refractivity contribution in [3.8, 4) is 5.69 Å². The fourth-order valence-corrected chi connectivity index (χ4v) is 2.44. The van der Waals surface area contributed by atoms with Gasteiger partial charge >= 0.3 is 0 Å². The minimum Gasteiger partial charge on any atom is -0.350 e. The topological polar surface area (TPSA) is 85.8 Å². The summed E-state index contributed by atoms with van der Waals surface area (Å²) in [5.74, 6) is 0.102. The Kier molecular flexibility index (Phi) is 9.04. The molecule has 132 valence electrons. The van der Waals surface area contributed by atoms with E-state index in [-0.39, 0.29) is 24.4 Å². The van der Waals surface area contributed by atoms with Gasteiger partial charge in [-0.3, -0.25) is 4.79 Å². The number of nitrogens with one attached hydrogen (secondary N) is 1. The molecule has 7 heteroatoms. The van der Waals surface area contributed by atoms with Crippen LogP contribution in [0.25, 0.3) is 5.69 Å². The number of unbranched alkanes of at least 4 members (excludes halogenated alkanes) is 3. The normalized spacial score (nSPS) is 11.6. The second-order valence-electron chi connectivity index (χ2n) is 5.67. The largest absolute Gasteiger partial charge is 0.350 e. The molecule has 1 heterocycles. The quantitative estimate of drug-likeness (QED) is 0.680. The number of halogens is 1. The fraction of sp³-hybridized carbons (Fsp3) is 0.471. The van der Waals surface area contributed by atoms with Gasteiger partial charge in [-0.05, 0) is 44.0 Å². The van der Waals surface area contributed by atoms with E-state index in [0.717, 1.165) is 43.5 Å². The van der Waals surface area contributed by atoms with Crippen LogP contribution in [-0.4, -0.2) is 27.2 Å². The summed E-state index contributed by atoms with van der Waals surface area (Å²) in [5, 5.41) is 7.14. The van der Waals surface area contributed by atoms with Gasteiger partial charge < -0.3 is 11.1 Å². The molecule has 0 radical (unpaired) electrons. The van der Waals surface area contributed by atoms with Crippen LogP contribution in [0.5, 0.6) is 0 Å². The molecule has 2 rings (SSSR count). The van der Waals surface area contributed by atoms with Gasteiger partial charge in [-0.15, -0.1) is 12.4 Å². The van der Waals surface area contributed by atoms with E-state index in [9.17, 15) is 4.79 Å². The Bertz CT molecular complexity index is 586. The molecule has 1 unspecified atom stereocenters. The molecule has 0 aliphatic carbocycles. The Morgan fingerprint density at radius 1 is 1.21 bits per heavy atom. The second kappa shape index (κ2) is 10.8. The van der Waals surface area contributed by atoms with Crippen molar-refractivity contribution in [2.75, 3.05) is 6.54 Å². The summed E-state index contributed by atoms with van der Waals surface area (Å²) in [6, 6.07) is 7.95. The van der Waals surface area contributed by atoms with Gasteiger partial charge in [-0.2, -0.15) is 5.10 Å². The molecule has 0 fully saturated rings. The second-order valence-corrected chi connectivity index (χ2v) is 5.67. The monoisotopic (exact) mass is 351 g/mol. The third kappa shape index (κ3) is 6.29.